The third-order valence-corrected chi connectivity index (χ3v) is 4.31. The summed E-state index contributed by atoms with van der Waals surface area (Å²) in [6.45, 7) is -0.309. The lowest BCUT2D eigenvalue weighted by Gasteiger charge is -2.14. The Bertz CT molecular complexity index is 674. The molecule has 1 aromatic rings. The van der Waals surface area contributed by atoms with Crippen molar-refractivity contribution >= 4 is 17.8 Å². The number of esters is 1. The molecule has 132 valence electrons. The zero-order chi connectivity index (χ0) is 17.8. The second kappa shape index (κ2) is 7.46. The lowest BCUT2D eigenvalue weighted by molar-refractivity contribution is -0.153. The Morgan fingerprint density at radius 2 is 1.64 bits per heavy atom. The number of ether oxygens (including phenoxy) is 2. The van der Waals surface area contributed by atoms with Gasteiger partial charge in [0, 0.05) is 0 Å². The molecule has 7 heteroatoms. The Morgan fingerprint density at radius 3 is 2.24 bits per heavy atom. The number of likely N-dealkylation sites (tertiary alicyclic amines) is 1. The average molecular weight is 347 g/mol. The van der Waals surface area contributed by atoms with Crippen molar-refractivity contribution in [3.63, 3.8) is 0 Å². The van der Waals surface area contributed by atoms with Gasteiger partial charge in [0.05, 0.1) is 11.8 Å². The van der Waals surface area contributed by atoms with E-state index in [2.05, 4.69) is 0 Å². The summed E-state index contributed by atoms with van der Waals surface area (Å²) in [7, 11) is 0. The fourth-order valence-electron chi connectivity index (χ4n) is 3.05. The van der Waals surface area contributed by atoms with Crippen LogP contribution < -0.4 is 4.74 Å². The van der Waals surface area contributed by atoms with Crippen LogP contribution in [0.4, 0.5) is 4.39 Å². The van der Waals surface area contributed by atoms with E-state index in [1.165, 1.54) is 24.3 Å². The summed E-state index contributed by atoms with van der Waals surface area (Å²) in [5, 5.41) is 0. The van der Waals surface area contributed by atoms with Crippen LogP contribution in [0, 0.1) is 17.7 Å². The van der Waals surface area contributed by atoms with E-state index in [0.29, 0.717) is 18.6 Å². The number of carbonyl (C=O) groups excluding carboxylic acids is 3. The van der Waals surface area contributed by atoms with E-state index in [-0.39, 0.29) is 49.2 Å². The molecule has 1 heterocycles. The predicted octanol–water partition coefficient (Wildman–Crippen LogP) is 1.70. The van der Waals surface area contributed by atoms with E-state index in [1.807, 2.05) is 12.2 Å². The minimum Gasteiger partial charge on any atom is -0.490 e. The number of halogens is 1. The monoisotopic (exact) mass is 347 g/mol. The minimum atomic E-state index is -0.656. The molecular formula is C18H18FNO5. The highest BCUT2D eigenvalue weighted by Crippen LogP contribution is 2.34. The highest BCUT2D eigenvalue weighted by molar-refractivity contribution is 6.07. The molecule has 0 unspecified atom stereocenters. The normalized spacial score (nSPS) is 22.0. The summed E-state index contributed by atoms with van der Waals surface area (Å²) < 4.78 is 23.1. The van der Waals surface area contributed by atoms with Gasteiger partial charge in [-0.1, -0.05) is 12.2 Å². The lowest BCUT2D eigenvalue weighted by Crippen LogP contribution is -2.37. The fraction of sp³-hybridized carbons (Fsp3) is 0.389. The van der Waals surface area contributed by atoms with Gasteiger partial charge < -0.3 is 9.47 Å². The molecule has 0 saturated carbocycles. The maximum Gasteiger partial charge on any atom is 0.326 e. The molecule has 0 N–H and O–H groups in total. The number of carbonyl (C=O) groups is 3. The molecule has 2 amide bonds. The van der Waals surface area contributed by atoms with Gasteiger partial charge in [0.25, 0.3) is 0 Å². The van der Waals surface area contributed by atoms with Crippen molar-refractivity contribution in [2.75, 3.05) is 19.8 Å². The molecule has 0 spiro atoms. The predicted molar refractivity (Wildman–Crippen MR) is 84.9 cm³/mol. The molecule has 0 bridgehead atoms. The topological polar surface area (TPSA) is 72.9 Å². The molecule has 1 aliphatic heterocycles. The van der Waals surface area contributed by atoms with Gasteiger partial charge >= 0.3 is 5.97 Å². The molecule has 25 heavy (non-hydrogen) atoms. The van der Waals surface area contributed by atoms with Crippen LogP contribution in [-0.2, 0) is 19.1 Å². The highest BCUT2D eigenvalue weighted by atomic mass is 19.1. The number of benzene rings is 1. The third-order valence-electron chi connectivity index (χ3n) is 4.31. The van der Waals surface area contributed by atoms with Gasteiger partial charge in [-0.05, 0) is 37.1 Å². The second-order valence-corrected chi connectivity index (χ2v) is 5.94. The van der Waals surface area contributed by atoms with E-state index in [1.54, 1.807) is 0 Å². The molecule has 2 aliphatic rings. The summed E-state index contributed by atoms with van der Waals surface area (Å²) >= 11 is 0. The summed E-state index contributed by atoms with van der Waals surface area (Å²) in [4.78, 5) is 37.3. The average Bonchev–Trinajstić information content (AvgIpc) is 2.86. The Hall–Kier alpha value is -2.70. The van der Waals surface area contributed by atoms with Crippen LogP contribution >= 0.6 is 0 Å². The number of rotatable bonds is 6. The minimum absolute atomic E-state index is 0.0269. The van der Waals surface area contributed by atoms with Crippen molar-refractivity contribution in [2.45, 2.75) is 12.8 Å². The van der Waals surface area contributed by atoms with Crippen molar-refractivity contribution in [1.82, 2.24) is 4.90 Å². The highest BCUT2D eigenvalue weighted by Gasteiger charge is 2.47. The number of hydrogen-bond acceptors (Lipinski definition) is 5. The number of hydrogen-bond donors (Lipinski definition) is 0. The molecule has 0 aromatic heterocycles. The maximum atomic E-state index is 12.8. The van der Waals surface area contributed by atoms with Crippen molar-refractivity contribution < 1.29 is 28.2 Å². The van der Waals surface area contributed by atoms with Crippen LogP contribution in [0.3, 0.4) is 0 Å². The smallest absolute Gasteiger partial charge is 0.326 e. The summed E-state index contributed by atoms with van der Waals surface area (Å²) in [5.74, 6) is -1.89. The first kappa shape index (κ1) is 17.1. The van der Waals surface area contributed by atoms with Gasteiger partial charge in [-0.2, -0.15) is 0 Å². The number of imide groups is 1. The van der Waals surface area contributed by atoms with Crippen LogP contribution in [-0.4, -0.2) is 42.4 Å². The largest absolute Gasteiger partial charge is 0.490 e. The zero-order valence-electron chi connectivity index (χ0n) is 13.5. The molecule has 1 fully saturated rings. The van der Waals surface area contributed by atoms with Crippen molar-refractivity contribution in [2.24, 2.45) is 11.8 Å². The Balaban J connectivity index is 1.42. The van der Waals surface area contributed by atoms with E-state index in [4.69, 9.17) is 9.47 Å². The van der Waals surface area contributed by atoms with Crippen LogP contribution in [0.1, 0.15) is 12.8 Å². The van der Waals surface area contributed by atoms with Crippen LogP contribution in [0.15, 0.2) is 36.4 Å². The van der Waals surface area contributed by atoms with Gasteiger partial charge in [-0.3, -0.25) is 19.3 Å². The molecule has 0 radical (unpaired) electrons. The molecule has 3 rings (SSSR count). The number of allylic oxidation sites excluding steroid dienone is 2. The summed E-state index contributed by atoms with van der Waals surface area (Å²) in [5.41, 5.74) is 0. The third kappa shape index (κ3) is 3.87. The molecule has 1 aromatic carbocycles. The Labute approximate surface area is 144 Å². The fourth-order valence-corrected chi connectivity index (χ4v) is 3.05. The quantitative estimate of drug-likeness (QED) is 0.339. The van der Waals surface area contributed by atoms with Crippen molar-refractivity contribution in [3.8, 4) is 5.75 Å². The molecule has 1 aliphatic carbocycles. The van der Waals surface area contributed by atoms with E-state index < -0.39 is 5.97 Å². The Morgan fingerprint density at radius 1 is 1.04 bits per heavy atom. The van der Waals surface area contributed by atoms with Gasteiger partial charge in [0.15, 0.2) is 0 Å². The number of amides is 2. The number of fused-ring (bicyclic) bond motifs is 1. The van der Waals surface area contributed by atoms with Crippen LogP contribution in [0.5, 0.6) is 5.75 Å². The van der Waals surface area contributed by atoms with Crippen molar-refractivity contribution in [3.05, 3.63) is 42.2 Å². The van der Waals surface area contributed by atoms with Crippen LogP contribution in [0.25, 0.3) is 0 Å². The summed E-state index contributed by atoms with van der Waals surface area (Å²) in [6.07, 6.45) is 4.85. The second-order valence-electron chi connectivity index (χ2n) is 5.94. The maximum absolute atomic E-state index is 12.8. The molecule has 1 saturated heterocycles. The number of nitrogens with zero attached hydrogens (tertiary/aromatic N) is 1. The zero-order valence-corrected chi connectivity index (χ0v) is 13.5. The Kier molecular flexibility index (Phi) is 5.11. The first-order valence-corrected chi connectivity index (χ1v) is 8.10. The van der Waals surface area contributed by atoms with Gasteiger partial charge in [-0.15, -0.1) is 0 Å². The van der Waals surface area contributed by atoms with E-state index >= 15 is 0 Å². The van der Waals surface area contributed by atoms with Gasteiger partial charge in [-0.25, -0.2) is 4.39 Å². The first-order valence-electron chi connectivity index (χ1n) is 8.10. The molecule has 2 atom stereocenters. The van der Waals surface area contributed by atoms with E-state index in [0.717, 1.165) is 4.90 Å². The summed E-state index contributed by atoms with van der Waals surface area (Å²) in [6, 6.07) is 5.46. The van der Waals surface area contributed by atoms with Crippen molar-refractivity contribution in [1.29, 1.82) is 0 Å². The van der Waals surface area contributed by atoms with Gasteiger partial charge in [0.1, 0.15) is 31.3 Å². The molecule has 6 nitrogen and oxygen atoms in total. The lowest BCUT2D eigenvalue weighted by atomic mass is 9.85. The SMILES string of the molecule is O=C(CN1C(=O)[C@H]2CC=CC[C@@H]2C1=O)OCCOc1ccc(F)cc1. The standard InChI is InChI=1S/C18H18FNO5/c19-12-5-7-13(8-6-12)24-9-10-25-16(21)11-20-17(22)14-3-1-2-4-15(14)18(20)23/h1-2,5-8,14-15H,3-4,9-11H2/t14-,15-/m0/s1. The molecular weight excluding hydrogens is 329 g/mol. The van der Waals surface area contributed by atoms with Gasteiger partial charge in [0.2, 0.25) is 11.8 Å². The first-order chi connectivity index (χ1) is 12.1. The van der Waals surface area contributed by atoms with Crippen LogP contribution in [0.2, 0.25) is 0 Å². The van der Waals surface area contributed by atoms with E-state index in [9.17, 15) is 18.8 Å².